The summed E-state index contributed by atoms with van der Waals surface area (Å²) in [5.74, 6) is -0.878. The van der Waals surface area contributed by atoms with E-state index in [1.54, 1.807) is 18.7 Å². The minimum atomic E-state index is -1.31. The SMILES string of the molecule is CCCCCCCC(=O)SCCCC[C@@H]1NC(=O)[C@H]2CCCN2C(=O)[C@H](Cc2ccccc2)NC(=O)C(C)(C)NC1=O. The summed E-state index contributed by atoms with van der Waals surface area (Å²) in [4.78, 5) is 67.6. The lowest BCUT2D eigenvalue weighted by Crippen LogP contribution is -2.64. The van der Waals surface area contributed by atoms with Crippen LogP contribution in [-0.4, -0.2) is 69.6 Å². The highest BCUT2D eigenvalue weighted by Gasteiger charge is 2.42. The number of benzene rings is 1. The van der Waals surface area contributed by atoms with Gasteiger partial charge in [-0.1, -0.05) is 81.1 Å². The lowest BCUT2D eigenvalue weighted by atomic mass is 9.98. The van der Waals surface area contributed by atoms with Gasteiger partial charge in [-0.15, -0.1) is 0 Å². The number of rotatable bonds is 13. The zero-order chi connectivity index (χ0) is 30.5. The molecule has 4 amide bonds. The lowest BCUT2D eigenvalue weighted by molar-refractivity contribution is -0.144. The highest BCUT2D eigenvalue weighted by atomic mass is 32.2. The molecule has 3 atom stereocenters. The molecule has 1 aromatic rings. The maximum Gasteiger partial charge on any atom is 0.246 e. The molecule has 0 bridgehead atoms. The van der Waals surface area contributed by atoms with Gasteiger partial charge in [-0.05, 0) is 51.5 Å². The van der Waals surface area contributed by atoms with Crippen LogP contribution >= 0.6 is 11.8 Å². The van der Waals surface area contributed by atoms with Gasteiger partial charge in [0.15, 0.2) is 5.12 Å². The molecule has 232 valence electrons. The minimum Gasteiger partial charge on any atom is -0.343 e. The third-order valence-electron chi connectivity index (χ3n) is 8.00. The van der Waals surface area contributed by atoms with Crippen molar-refractivity contribution in [3.63, 3.8) is 0 Å². The van der Waals surface area contributed by atoms with Crippen LogP contribution in [0, 0.1) is 0 Å². The van der Waals surface area contributed by atoms with Crippen LogP contribution in [0.15, 0.2) is 30.3 Å². The van der Waals surface area contributed by atoms with Gasteiger partial charge < -0.3 is 20.9 Å². The first-order valence-electron chi connectivity index (χ1n) is 15.6. The smallest absolute Gasteiger partial charge is 0.246 e. The number of unbranched alkanes of at least 4 members (excludes halogenated alkanes) is 5. The Kier molecular flexibility index (Phi) is 13.4. The summed E-state index contributed by atoms with van der Waals surface area (Å²) in [6.45, 7) is 5.78. The van der Waals surface area contributed by atoms with Gasteiger partial charge in [-0.2, -0.15) is 0 Å². The summed E-state index contributed by atoms with van der Waals surface area (Å²) >= 11 is 1.34. The molecule has 2 aliphatic heterocycles. The molecular weight excluding hydrogens is 552 g/mol. The summed E-state index contributed by atoms with van der Waals surface area (Å²) in [6.07, 6.45) is 9.35. The normalized spacial score (nSPS) is 22.8. The molecule has 10 heteroatoms. The van der Waals surface area contributed by atoms with Crippen molar-refractivity contribution in [1.82, 2.24) is 20.9 Å². The molecule has 0 aromatic heterocycles. The topological polar surface area (TPSA) is 125 Å². The number of nitrogens with one attached hydrogen (secondary N) is 3. The van der Waals surface area contributed by atoms with Gasteiger partial charge >= 0.3 is 0 Å². The highest BCUT2D eigenvalue weighted by molar-refractivity contribution is 8.13. The van der Waals surface area contributed by atoms with Gasteiger partial charge in [0.1, 0.15) is 23.7 Å². The Bertz CT molecular complexity index is 1080. The van der Waals surface area contributed by atoms with Gasteiger partial charge in [-0.25, -0.2) is 0 Å². The average Bonchev–Trinajstić information content (AvgIpc) is 3.45. The number of thioether (sulfide) groups is 1. The maximum atomic E-state index is 13.7. The second-order valence-corrected chi connectivity index (χ2v) is 13.1. The van der Waals surface area contributed by atoms with Crippen LogP contribution in [0.4, 0.5) is 0 Å². The molecular formula is C32H48N4O5S. The molecule has 0 saturated carbocycles. The zero-order valence-electron chi connectivity index (χ0n) is 25.4. The quantitative estimate of drug-likeness (QED) is 0.295. The van der Waals surface area contributed by atoms with Crippen molar-refractivity contribution >= 4 is 40.5 Å². The van der Waals surface area contributed by atoms with Crippen molar-refractivity contribution in [3.8, 4) is 0 Å². The van der Waals surface area contributed by atoms with Gasteiger partial charge in [0.2, 0.25) is 23.6 Å². The predicted octanol–water partition coefficient (Wildman–Crippen LogP) is 3.89. The van der Waals surface area contributed by atoms with Gasteiger partial charge in [0.05, 0.1) is 0 Å². The fourth-order valence-electron chi connectivity index (χ4n) is 5.46. The molecule has 2 saturated heterocycles. The van der Waals surface area contributed by atoms with E-state index in [0.717, 1.165) is 24.8 Å². The number of carbonyl (C=O) groups excluding carboxylic acids is 5. The molecule has 3 rings (SSSR count). The first-order valence-corrected chi connectivity index (χ1v) is 16.5. The van der Waals surface area contributed by atoms with E-state index >= 15 is 0 Å². The second kappa shape index (κ2) is 16.7. The molecule has 42 heavy (non-hydrogen) atoms. The number of carbonyl (C=O) groups is 5. The fourth-order valence-corrected chi connectivity index (χ4v) is 6.33. The fraction of sp³-hybridized carbons (Fsp3) is 0.656. The number of fused-ring (bicyclic) bond motifs is 1. The summed E-state index contributed by atoms with van der Waals surface area (Å²) < 4.78 is 0. The van der Waals surface area contributed by atoms with Crippen LogP contribution < -0.4 is 16.0 Å². The van der Waals surface area contributed by atoms with E-state index in [9.17, 15) is 24.0 Å². The Morgan fingerprint density at radius 3 is 2.40 bits per heavy atom. The van der Waals surface area contributed by atoms with Gasteiger partial charge in [-0.3, -0.25) is 24.0 Å². The molecule has 9 nitrogen and oxygen atoms in total. The Morgan fingerprint density at radius 2 is 1.67 bits per heavy atom. The first kappa shape index (κ1) is 33.6. The van der Waals surface area contributed by atoms with Crippen LogP contribution in [0.25, 0.3) is 0 Å². The van der Waals surface area contributed by atoms with Gasteiger partial charge in [0.25, 0.3) is 0 Å². The van der Waals surface area contributed by atoms with E-state index in [1.165, 1.54) is 31.0 Å². The summed E-state index contributed by atoms with van der Waals surface area (Å²) in [5, 5.41) is 8.76. The Balaban J connectivity index is 1.63. The summed E-state index contributed by atoms with van der Waals surface area (Å²) in [5.41, 5.74) is -0.421. The summed E-state index contributed by atoms with van der Waals surface area (Å²) in [7, 11) is 0. The monoisotopic (exact) mass is 600 g/mol. The molecule has 0 unspecified atom stereocenters. The van der Waals surface area contributed by atoms with Crippen molar-refractivity contribution in [2.24, 2.45) is 0 Å². The van der Waals surface area contributed by atoms with Crippen LogP contribution in [0.3, 0.4) is 0 Å². The van der Waals surface area contributed by atoms with Gasteiger partial charge in [0, 0.05) is 25.1 Å². The second-order valence-electron chi connectivity index (χ2n) is 12.0. The standard InChI is InChI=1S/C32H48N4O5S/c1-4-5-6-7-11-19-27(37)42-21-13-12-17-24-28(38)35-32(2,3)31(41)34-25(22-23-15-9-8-10-16-23)30(40)36-20-14-18-26(36)29(39)33-24/h8-10,15-16,24-26H,4-7,11-14,17-22H2,1-3H3,(H,33,39)(H,34,41)(H,35,38)/t24-,25-,26+/m0/s1. The molecule has 0 aliphatic carbocycles. The molecule has 0 spiro atoms. The highest BCUT2D eigenvalue weighted by Crippen LogP contribution is 2.22. The summed E-state index contributed by atoms with van der Waals surface area (Å²) in [6, 6.07) is 7.02. The van der Waals surface area contributed by atoms with E-state index in [4.69, 9.17) is 0 Å². The Labute approximate surface area is 254 Å². The third kappa shape index (κ3) is 10.1. The number of nitrogens with zero attached hydrogens (tertiary/aromatic N) is 1. The zero-order valence-corrected chi connectivity index (χ0v) is 26.2. The van der Waals surface area contributed by atoms with E-state index in [-0.39, 0.29) is 23.4 Å². The van der Waals surface area contributed by atoms with E-state index in [2.05, 4.69) is 22.9 Å². The van der Waals surface area contributed by atoms with Crippen molar-refractivity contribution in [1.29, 1.82) is 0 Å². The van der Waals surface area contributed by atoms with E-state index in [1.807, 2.05) is 30.3 Å². The van der Waals surface area contributed by atoms with E-state index in [0.29, 0.717) is 44.4 Å². The maximum absolute atomic E-state index is 13.7. The third-order valence-corrected chi connectivity index (χ3v) is 9.01. The van der Waals surface area contributed by atoms with Crippen LogP contribution in [0.1, 0.15) is 97.0 Å². The molecule has 0 radical (unpaired) electrons. The van der Waals surface area contributed by atoms with Crippen molar-refractivity contribution in [3.05, 3.63) is 35.9 Å². The number of amides is 4. The number of hydrogen-bond acceptors (Lipinski definition) is 6. The molecule has 2 aliphatic rings. The molecule has 1 aromatic carbocycles. The van der Waals surface area contributed by atoms with Crippen molar-refractivity contribution in [2.45, 2.75) is 121 Å². The van der Waals surface area contributed by atoms with Crippen molar-refractivity contribution < 1.29 is 24.0 Å². The first-order chi connectivity index (χ1) is 20.1. The predicted molar refractivity (Wildman–Crippen MR) is 166 cm³/mol. The molecule has 3 N–H and O–H groups in total. The van der Waals surface area contributed by atoms with E-state index < -0.39 is 35.5 Å². The molecule has 2 heterocycles. The average molecular weight is 601 g/mol. The Morgan fingerprint density at radius 1 is 0.929 bits per heavy atom. The minimum absolute atomic E-state index is 0.202. The number of hydrogen-bond donors (Lipinski definition) is 3. The van der Waals surface area contributed by atoms with Crippen LogP contribution in [0.2, 0.25) is 0 Å². The van der Waals surface area contributed by atoms with Crippen molar-refractivity contribution in [2.75, 3.05) is 12.3 Å². The molecule has 2 fully saturated rings. The largest absolute Gasteiger partial charge is 0.343 e. The van der Waals surface area contributed by atoms with Crippen LogP contribution in [-0.2, 0) is 30.4 Å². The lowest BCUT2D eigenvalue weighted by Gasteiger charge is -2.34. The Hall–Kier alpha value is -2.88. The van der Waals surface area contributed by atoms with Crippen LogP contribution in [0.5, 0.6) is 0 Å².